The van der Waals surface area contributed by atoms with Crippen LogP contribution in [-0.2, 0) is 16.0 Å². The van der Waals surface area contributed by atoms with Crippen LogP contribution in [0.15, 0.2) is 30.3 Å². The molecule has 1 unspecified atom stereocenters. The maximum atomic E-state index is 11.5. The molecule has 1 aromatic carbocycles. The van der Waals surface area contributed by atoms with Crippen LogP contribution >= 0.6 is 0 Å². The molecule has 0 aliphatic carbocycles. The molecule has 1 aromatic rings. The average Bonchev–Trinajstić information content (AvgIpc) is 2.29. The minimum atomic E-state index is -0.769. The van der Waals surface area contributed by atoms with Crippen LogP contribution in [0.25, 0.3) is 0 Å². The van der Waals surface area contributed by atoms with E-state index in [-0.39, 0.29) is 0 Å². The summed E-state index contributed by atoms with van der Waals surface area (Å²) in [5.74, 6) is -1.17. The lowest BCUT2D eigenvalue weighted by molar-refractivity contribution is -0.138. The molecule has 4 heteroatoms. The number of amides is 1. The van der Waals surface area contributed by atoms with Crippen molar-refractivity contribution in [1.29, 1.82) is 0 Å². The zero-order valence-electron chi connectivity index (χ0n) is 9.27. The summed E-state index contributed by atoms with van der Waals surface area (Å²) in [6.07, 6.45) is 0.386. The number of nitrogens with one attached hydrogen (secondary N) is 1. The maximum Gasteiger partial charge on any atom is 0.289 e. The van der Waals surface area contributed by atoms with Crippen molar-refractivity contribution in [2.24, 2.45) is 5.73 Å². The number of carbonyl (C=O) groups is 2. The van der Waals surface area contributed by atoms with Gasteiger partial charge in [0.1, 0.15) is 0 Å². The van der Waals surface area contributed by atoms with Crippen LogP contribution in [0.2, 0.25) is 0 Å². The van der Waals surface area contributed by atoms with Crippen LogP contribution in [0, 0.1) is 0 Å². The highest BCUT2D eigenvalue weighted by molar-refractivity contribution is 6.38. The first-order valence-corrected chi connectivity index (χ1v) is 5.26. The molecule has 0 aliphatic rings. The highest BCUT2D eigenvalue weighted by atomic mass is 16.2. The molecule has 0 aliphatic heterocycles. The second kappa shape index (κ2) is 6.02. The maximum absolute atomic E-state index is 11.5. The fraction of sp³-hybridized carbons (Fsp3) is 0.333. The van der Waals surface area contributed by atoms with Crippen molar-refractivity contribution in [2.45, 2.75) is 19.4 Å². The monoisotopic (exact) mass is 220 g/mol. The molecule has 4 nitrogen and oxygen atoms in total. The molecular weight excluding hydrogens is 204 g/mol. The van der Waals surface area contributed by atoms with Crippen LogP contribution in [0.3, 0.4) is 0 Å². The van der Waals surface area contributed by atoms with Gasteiger partial charge in [0.05, 0.1) is 6.04 Å². The quantitative estimate of drug-likeness (QED) is 0.699. The van der Waals surface area contributed by atoms with E-state index in [4.69, 9.17) is 5.73 Å². The van der Waals surface area contributed by atoms with Gasteiger partial charge in [-0.1, -0.05) is 30.3 Å². The molecule has 0 aromatic heterocycles. The Hall–Kier alpha value is -1.68. The smallest absolute Gasteiger partial charge is 0.289 e. The first kappa shape index (κ1) is 12.4. The number of ketones is 1. The summed E-state index contributed by atoms with van der Waals surface area (Å²) in [6.45, 7) is 2.19. The lowest BCUT2D eigenvalue weighted by Crippen LogP contribution is -2.43. The summed E-state index contributed by atoms with van der Waals surface area (Å²) < 4.78 is 0. The normalized spacial score (nSPS) is 11.9. The average molecular weight is 220 g/mol. The van der Waals surface area contributed by atoms with Crippen molar-refractivity contribution in [1.82, 2.24) is 5.32 Å². The van der Waals surface area contributed by atoms with E-state index in [0.717, 1.165) is 5.56 Å². The summed E-state index contributed by atoms with van der Waals surface area (Å²) in [6, 6.07) is 8.63. The molecule has 0 bridgehead atoms. The Kier molecular flexibility index (Phi) is 4.66. The Labute approximate surface area is 94.8 Å². The molecular formula is C12H16N2O2. The van der Waals surface area contributed by atoms with Gasteiger partial charge in [-0.3, -0.25) is 9.59 Å². The summed E-state index contributed by atoms with van der Waals surface area (Å²) in [5.41, 5.74) is 6.62. The third kappa shape index (κ3) is 3.47. The Balaban J connectivity index is 2.55. The molecule has 0 saturated carbocycles. The van der Waals surface area contributed by atoms with E-state index in [2.05, 4.69) is 5.32 Å². The molecule has 0 spiro atoms. The molecule has 1 rings (SSSR count). The topological polar surface area (TPSA) is 72.2 Å². The first-order valence-electron chi connectivity index (χ1n) is 5.26. The van der Waals surface area contributed by atoms with Crippen molar-refractivity contribution in [3.8, 4) is 0 Å². The van der Waals surface area contributed by atoms with Gasteiger partial charge in [0.2, 0.25) is 5.78 Å². The number of carbonyl (C=O) groups excluding carboxylic acids is 2. The number of benzene rings is 1. The van der Waals surface area contributed by atoms with Crippen molar-refractivity contribution in [3.63, 3.8) is 0 Å². The van der Waals surface area contributed by atoms with Crippen LogP contribution in [0.5, 0.6) is 0 Å². The van der Waals surface area contributed by atoms with Crippen LogP contribution in [-0.4, -0.2) is 24.3 Å². The van der Waals surface area contributed by atoms with Crippen molar-refractivity contribution >= 4 is 11.7 Å². The van der Waals surface area contributed by atoms with E-state index in [1.165, 1.54) is 0 Å². The second-order valence-corrected chi connectivity index (χ2v) is 3.52. The highest BCUT2D eigenvalue weighted by Crippen LogP contribution is 2.02. The van der Waals surface area contributed by atoms with E-state index in [0.29, 0.717) is 13.0 Å². The number of hydrogen-bond donors (Lipinski definition) is 2. The van der Waals surface area contributed by atoms with Gasteiger partial charge in [0.25, 0.3) is 5.91 Å². The van der Waals surface area contributed by atoms with Gasteiger partial charge in [-0.05, 0) is 18.9 Å². The largest absolute Gasteiger partial charge is 0.350 e. The molecule has 1 amide bonds. The van der Waals surface area contributed by atoms with E-state index < -0.39 is 17.7 Å². The van der Waals surface area contributed by atoms with Crippen molar-refractivity contribution < 1.29 is 9.59 Å². The van der Waals surface area contributed by atoms with Gasteiger partial charge >= 0.3 is 0 Å². The van der Waals surface area contributed by atoms with E-state index in [9.17, 15) is 9.59 Å². The van der Waals surface area contributed by atoms with Crippen LogP contribution in [0.1, 0.15) is 12.5 Å². The number of Topliss-reactive ketones (excluding diaryl/α,β-unsaturated/α-hetero) is 1. The minimum Gasteiger partial charge on any atom is -0.350 e. The third-order valence-corrected chi connectivity index (χ3v) is 2.20. The molecule has 1 atom stereocenters. The number of hydrogen-bond acceptors (Lipinski definition) is 3. The van der Waals surface area contributed by atoms with Gasteiger partial charge in [0, 0.05) is 6.54 Å². The molecule has 0 saturated heterocycles. The SMILES string of the molecule is CCNC(=O)C(=O)C(N)Cc1ccccc1. The van der Waals surface area contributed by atoms with Crippen molar-refractivity contribution in [2.75, 3.05) is 6.54 Å². The summed E-state index contributed by atoms with van der Waals surface area (Å²) in [4.78, 5) is 22.7. The Morgan fingerprint density at radius 1 is 1.31 bits per heavy atom. The second-order valence-electron chi connectivity index (χ2n) is 3.52. The molecule has 0 heterocycles. The summed E-state index contributed by atoms with van der Waals surface area (Å²) >= 11 is 0. The van der Waals surface area contributed by atoms with Crippen molar-refractivity contribution in [3.05, 3.63) is 35.9 Å². The molecule has 0 fully saturated rings. The fourth-order valence-corrected chi connectivity index (χ4v) is 1.38. The fourth-order valence-electron chi connectivity index (χ4n) is 1.38. The number of nitrogens with two attached hydrogens (primary N) is 1. The standard InChI is InChI=1S/C12H16N2O2/c1-2-14-12(16)11(15)10(13)8-9-6-4-3-5-7-9/h3-7,10H,2,8,13H2,1H3,(H,14,16). The Morgan fingerprint density at radius 3 is 2.50 bits per heavy atom. The molecule has 86 valence electrons. The predicted molar refractivity (Wildman–Crippen MR) is 61.8 cm³/mol. The van der Waals surface area contributed by atoms with Gasteiger partial charge < -0.3 is 11.1 Å². The molecule has 0 radical (unpaired) electrons. The lowest BCUT2D eigenvalue weighted by Gasteiger charge is -2.09. The van der Waals surface area contributed by atoms with Gasteiger partial charge in [-0.15, -0.1) is 0 Å². The van der Waals surface area contributed by atoms with Crippen LogP contribution in [0.4, 0.5) is 0 Å². The predicted octanol–water partition coefficient (Wildman–Crippen LogP) is 0.262. The Morgan fingerprint density at radius 2 is 1.94 bits per heavy atom. The van der Waals surface area contributed by atoms with Crippen LogP contribution < -0.4 is 11.1 Å². The zero-order chi connectivity index (χ0) is 12.0. The van der Waals surface area contributed by atoms with E-state index in [1.54, 1.807) is 6.92 Å². The summed E-state index contributed by atoms with van der Waals surface area (Å²) in [5, 5.41) is 2.44. The number of rotatable bonds is 5. The van der Waals surface area contributed by atoms with Gasteiger partial charge in [-0.25, -0.2) is 0 Å². The highest BCUT2D eigenvalue weighted by Gasteiger charge is 2.21. The van der Waals surface area contributed by atoms with Gasteiger partial charge in [0.15, 0.2) is 0 Å². The molecule has 16 heavy (non-hydrogen) atoms. The Bertz CT molecular complexity index is 363. The van der Waals surface area contributed by atoms with Gasteiger partial charge in [-0.2, -0.15) is 0 Å². The minimum absolute atomic E-state index is 0.386. The first-order chi connectivity index (χ1) is 7.65. The van der Waals surface area contributed by atoms with E-state index in [1.807, 2.05) is 30.3 Å². The molecule has 3 N–H and O–H groups in total. The third-order valence-electron chi connectivity index (χ3n) is 2.20. The zero-order valence-corrected chi connectivity index (χ0v) is 9.27. The van der Waals surface area contributed by atoms with E-state index >= 15 is 0 Å². The lowest BCUT2D eigenvalue weighted by atomic mass is 10.0. The number of likely N-dealkylation sites (N-methyl/N-ethyl adjacent to an activating group) is 1. The summed E-state index contributed by atoms with van der Waals surface area (Å²) in [7, 11) is 0.